The Hall–Kier alpha value is -4.64. The van der Waals surface area contributed by atoms with E-state index >= 15 is 0 Å². The summed E-state index contributed by atoms with van der Waals surface area (Å²) in [6.45, 7) is 1.20. The predicted octanol–water partition coefficient (Wildman–Crippen LogP) is 4.92. The predicted molar refractivity (Wildman–Crippen MR) is 138 cm³/mol. The molecule has 6 rings (SSSR count). The molecule has 0 amide bonds. The highest BCUT2D eigenvalue weighted by atomic mass is 19.1. The maximum atomic E-state index is 13.6. The third-order valence-electron chi connectivity index (χ3n) is 6.56. The minimum atomic E-state index is -0.244. The van der Waals surface area contributed by atoms with Crippen molar-refractivity contribution in [1.29, 1.82) is 5.26 Å². The number of rotatable bonds is 7. The molecule has 2 aromatic heterocycles. The van der Waals surface area contributed by atoms with Crippen molar-refractivity contribution in [3.63, 3.8) is 0 Å². The second-order valence-electron chi connectivity index (χ2n) is 8.99. The highest BCUT2D eigenvalue weighted by Gasteiger charge is 2.27. The monoisotopic (exact) mass is 477 g/mol. The van der Waals surface area contributed by atoms with Crippen LogP contribution in [0.5, 0.6) is 0 Å². The molecule has 0 bridgehead atoms. The smallest absolute Gasteiger partial charge is 0.148 e. The van der Waals surface area contributed by atoms with Crippen LogP contribution < -0.4 is 10.6 Å². The Kier molecular flexibility index (Phi) is 5.58. The summed E-state index contributed by atoms with van der Waals surface area (Å²) >= 11 is 0. The molecule has 8 heteroatoms. The molecule has 1 aliphatic heterocycles. The fourth-order valence-electron chi connectivity index (χ4n) is 4.79. The number of halogens is 1. The molecule has 0 saturated carbocycles. The average molecular weight is 478 g/mol. The van der Waals surface area contributed by atoms with Crippen LogP contribution in [0.3, 0.4) is 0 Å². The summed E-state index contributed by atoms with van der Waals surface area (Å²) in [6, 6.07) is 17.0. The molecule has 0 radical (unpaired) electrons. The van der Waals surface area contributed by atoms with E-state index in [4.69, 9.17) is 5.26 Å². The van der Waals surface area contributed by atoms with Crippen LogP contribution >= 0.6 is 0 Å². The highest BCUT2D eigenvalue weighted by molar-refractivity contribution is 5.83. The van der Waals surface area contributed by atoms with Crippen molar-refractivity contribution in [2.45, 2.75) is 31.6 Å². The van der Waals surface area contributed by atoms with Crippen molar-refractivity contribution in [3.8, 4) is 6.07 Å². The molecule has 7 nitrogen and oxygen atoms in total. The highest BCUT2D eigenvalue weighted by Crippen LogP contribution is 2.34. The summed E-state index contributed by atoms with van der Waals surface area (Å²) in [5.74, 6) is -0.0909. The topological polar surface area (TPSA) is 83.0 Å². The van der Waals surface area contributed by atoms with Crippen LogP contribution in [0.2, 0.25) is 0 Å². The molecule has 2 aromatic carbocycles. The van der Waals surface area contributed by atoms with Crippen molar-refractivity contribution in [2.24, 2.45) is 4.99 Å². The molecule has 2 N–H and O–H groups in total. The lowest BCUT2D eigenvalue weighted by molar-refractivity contribution is 0.621. The fraction of sp³-hybridized carbons (Fsp3) is 0.179. The van der Waals surface area contributed by atoms with E-state index < -0.39 is 0 Å². The number of hydrogen-bond donors (Lipinski definition) is 2. The minimum Gasteiger partial charge on any atom is -0.360 e. The van der Waals surface area contributed by atoms with E-state index in [1.165, 1.54) is 17.7 Å². The maximum Gasteiger partial charge on any atom is 0.148 e. The molecular formula is C28H24FN7. The Balaban J connectivity index is 1.20. The molecule has 178 valence electrons. The van der Waals surface area contributed by atoms with Gasteiger partial charge < -0.3 is 15.2 Å². The third kappa shape index (κ3) is 4.27. The summed E-state index contributed by atoms with van der Waals surface area (Å²) in [7, 11) is 0. The zero-order valence-corrected chi connectivity index (χ0v) is 19.5. The first-order chi connectivity index (χ1) is 17.7. The number of benzene rings is 2. The Bertz CT molecular complexity index is 1570. The van der Waals surface area contributed by atoms with Crippen molar-refractivity contribution >= 4 is 22.9 Å². The lowest BCUT2D eigenvalue weighted by Gasteiger charge is -2.23. The molecular weight excluding hydrogens is 453 g/mol. The van der Waals surface area contributed by atoms with Crippen LogP contribution in [0.15, 0.2) is 95.5 Å². The van der Waals surface area contributed by atoms with E-state index in [1.54, 1.807) is 12.4 Å². The molecule has 2 unspecified atom stereocenters. The number of aromatic nitrogens is 3. The van der Waals surface area contributed by atoms with Crippen molar-refractivity contribution in [3.05, 3.63) is 107 Å². The number of aliphatic imine (C=N–C) groups is 1. The fourth-order valence-corrected chi connectivity index (χ4v) is 4.79. The van der Waals surface area contributed by atoms with Crippen LogP contribution in [0.25, 0.3) is 10.9 Å². The molecule has 1 aliphatic carbocycles. The minimum absolute atomic E-state index is 0.153. The SMILES string of the molecule is N#CCCn1ccc(C2C=C3NC=NC(Nc4ccc5c(cnn5Cc5cccc(F)c5)c4)C3=C2)c1. The number of nitrogens with one attached hydrogen (secondary N) is 2. The Morgan fingerprint density at radius 1 is 1.14 bits per heavy atom. The van der Waals surface area contributed by atoms with Crippen LogP contribution in [0.4, 0.5) is 10.1 Å². The lowest BCUT2D eigenvalue weighted by atomic mass is 10.0. The summed E-state index contributed by atoms with van der Waals surface area (Å²) < 4.78 is 17.5. The molecule has 36 heavy (non-hydrogen) atoms. The lowest BCUT2D eigenvalue weighted by Crippen LogP contribution is -2.30. The molecule has 0 fully saturated rings. The standard InChI is InChI=1S/C28H24FN7/c29-23-4-1-3-19(11-23)16-36-27-6-5-24(12-22(27)15-33-36)34-28-25-13-21(14-26(25)31-18-32-28)20-7-10-35(17-20)9-2-8-30/h1,3-7,10-15,17-18,21,28,34H,2,9,16H2,(H,31,32). The van der Waals surface area contributed by atoms with Crippen LogP contribution in [-0.4, -0.2) is 26.9 Å². The van der Waals surface area contributed by atoms with E-state index in [1.807, 2.05) is 35.3 Å². The second-order valence-corrected chi connectivity index (χ2v) is 8.99. The van der Waals surface area contributed by atoms with E-state index in [9.17, 15) is 4.39 Å². The second kappa shape index (κ2) is 9.19. The first-order valence-electron chi connectivity index (χ1n) is 11.9. The van der Waals surface area contributed by atoms with Gasteiger partial charge in [0, 0.05) is 47.2 Å². The maximum absolute atomic E-state index is 13.6. The molecule has 4 aromatic rings. The van der Waals surface area contributed by atoms with Gasteiger partial charge in [0.05, 0.1) is 37.1 Å². The third-order valence-corrected chi connectivity index (χ3v) is 6.56. The molecule has 2 aliphatic rings. The van der Waals surface area contributed by atoms with Crippen molar-refractivity contribution in [1.82, 2.24) is 19.7 Å². The van der Waals surface area contributed by atoms with Crippen LogP contribution in [0.1, 0.15) is 23.5 Å². The van der Waals surface area contributed by atoms with Crippen LogP contribution in [-0.2, 0) is 13.1 Å². The van der Waals surface area contributed by atoms with Gasteiger partial charge in [-0.15, -0.1) is 0 Å². The Labute approximate surface area is 207 Å². The average Bonchev–Trinajstić information content (AvgIpc) is 3.62. The van der Waals surface area contributed by atoms with Crippen LogP contribution in [0, 0.1) is 17.1 Å². The quantitative estimate of drug-likeness (QED) is 0.396. The van der Waals surface area contributed by atoms with Gasteiger partial charge in [-0.1, -0.05) is 18.2 Å². The van der Waals surface area contributed by atoms with Crippen molar-refractivity contribution in [2.75, 3.05) is 5.32 Å². The zero-order chi connectivity index (χ0) is 24.5. The van der Waals surface area contributed by atoms with Gasteiger partial charge in [-0.2, -0.15) is 10.4 Å². The number of nitriles is 1. The van der Waals surface area contributed by atoms with E-state index in [0.717, 1.165) is 33.4 Å². The van der Waals surface area contributed by atoms with E-state index in [2.05, 4.69) is 61.8 Å². The van der Waals surface area contributed by atoms with Gasteiger partial charge in [0.25, 0.3) is 0 Å². The van der Waals surface area contributed by atoms with Gasteiger partial charge in [0.1, 0.15) is 12.0 Å². The number of hydrogen-bond acceptors (Lipinski definition) is 5. The van der Waals surface area contributed by atoms with Gasteiger partial charge in [-0.25, -0.2) is 9.38 Å². The number of fused-ring (bicyclic) bond motifs is 2. The molecule has 3 heterocycles. The zero-order valence-electron chi connectivity index (χ0n) is 19.5. The van der Waals surface area contributed by atoms with Gasteiger partial charge in [-0.3, -0.25) is 4.68 Å². The number of nitrogens with zero attached hydrogens (tertiary/aromatic N) is 5. The summed E-state index contributed by atoms with van der Waals surface area (Å²) in [6.07, 6.45) is 12.4. The largest absolute Gasteiger partial charge is 0.360 e. The molecule has 0 spiro atoms. The molecule has 0 saturated heterocycles. The number of allylic oxidation sites excluding steroid dienone is 2. The van der Waals surface area contributed by atoms with E-state index in [-0.39, 0.29) is 17.9 Å². The van der Waals surface area contributed by atoms with Gasteiger partial charge >= 0.3 is 0 Å². The molecule has 2 atom stereocenters. The summed E-state index contributed by atoms with van der Waals surface area (Å²) in [4.78, 5) is 4.64. The summed E-state index contributed by atoms with van der Waals surface area (Å²) in [5, 5.41) is 21.2. The Morgan fingerprint density at radius 3 is 2.97 bits per heavy atom. The first kappa shape index (κ1) is 21.9. The Morgan fingerprint density at radius 2 is 2.08 bits per heavy atom. The van der Waals surface area contributed by atoms with Gasteiger partial charge in [-0.05, 0) is 53.6 Å². The normalized spacial score (nSPS) is 18.3. The van der Waals surface area contributed by atoms with E-state index in [0.29, 0.717) is 19.5 Å². The first-order valence-corrected chi connectivity index (χ1v) is 11.9. The number of aryl methyl sites for hydroxylation is 1. The number of anilines is 1. The van der Waals surface area contributed by atoms with Gasteiger partial charge in [0.15, 0.2) is 0 Å². The van der Waals surface area contributed by atoms with Gasteiger partial charge in [0.2, 0.25) is 0 Å². The summed E-state index contributed by atoms with van der Waals surface area (Å²) in [5.41, 5.74) is 6.16. The van der Waals surface area contributed by atoms with Crippen molar-refractivity contribution < 1.29 is 4.39 Å².